The zero-order valence-corrected chi connectivity index (χ0v) is 15.2. The summed E-state index contributed by atoms with van der Waals surface area (Å²) in [5.74, 6) is 0.405. The van der Waals surface area contributed by atoms with Gasteiger partial charge < -0.3 is 5.32 Å². The van der Waals surface area contributed by atoms with Gasteiger partial charge in [-0.25, -0.2) is 0 Å². The van der Waals surface area contributed by atoms with Crippen LogP contribution in [0.3, 0.4) is 0 Å². The lowest BCUT2D eigenvalue weighted by atomic mass is 10.0. The first kappa shape index (κ1) is 18.2. The molecule has 0 spiro atoms. The molecule has 0 bridgehead atoms. The fourth-order valence-electron chi connectivity index (χ4n) is 2.62. The largest absolute Gasteiger partial charge is 0.322 e. The van der Waals surface area contributed by atoms with Gasteiger partial charge in [0.1, 0.15) is 0 Å². The Morgan fingerprint density at radius 1 is 0.958 bits per heavy atom. The van der Waals surface area contributed by atoms with Crippen molar-refractivity contribution in [3.05, 3.63) is 65.2 Å². The minimum Gasteiger partial charge on any atom is -0.322 e. The second kappa shape index (κ2) is 8.65. The van der Waals surface area contributed by atoms with Crippen LogP contribution in [-0.4, -0.2) is 23.9 Å². The number of hydrogen-bond donors (Lipinski definition) is 1. The van der Waals surface area contributed by atoms with Crippen LogP contribution >= 0.6 is 0 Å². The van der Waals surface area contributed by atoms with Crippen LogP contribution in [0.2, 0.25) is 0 Å². The number of nitrogens with one attached hydrogen (secondary N) is 1. The maximum absolute atomic E-state index is 12.3. The molecule has 0 aliphatic heterocycles. The lowest BCUT2D eigenvalue weighted by molar-refractivity contribution is 0.102. The molecule has 0 aliphatic rings. The third-order valence-electron chi connectivity index (χ3n) is 4.35. The first-order valence-corrected chi connectivity index (χ1v) is 8.76. The molecule has 0 unspecified atom stereocenters. The van der Waals surface area contributed by atoms with Crippen molar-refractivity contribution in [1.82, 2.24) is 4.90 Å². The van der Waals surface area contributed by atoms with Gasteiger partial charge in [-0.1, -0.05) is 52.0 Å². The van der Waals surface area contributed by atoms with Crippen molar-refractivity contribution in [3.63, 3.8) is 0 Å². The van der Waals surface area contributed by atoms with Crippen LogP contribution < -0.4 is 5.32 Å². The van der Waals surface area contributed by atoms with Crippen molar-refractivity contribution >= 4 is 11.6 Å². The van der Waals surface area contributed by atoms with E-state index in [0.717, 1.165) is 25.3 Å². The SMILES string of the molecule is CCN(CC)Cc1ccc(NC(=O)c2ccc(C(C)C)cc2)cc1. The Hall–Kier alpha value is -2.13. The topological polar surface area (TPSA) is 32.3 Å². The third-order valence-corrected chi connectivity index (χ3v) is 4.35. The van der Waals surface area contributed by atoms with Crippen LogP contribution in [0.1, 0.15) is 55.1 Å². The van der Waals surface area contributed by atoms with Crippen molar-refractivity contribution in [2.45, 2.75) is 40.2 Å². The average molecular weight is 324 g/mol. The number of hydrogen-bond acceptors (Lipinski definition) is 2. The van der Waals surface area contributed by atoms with Crippen molar-refractivity contribution in [2.24, 2.45) is 0 Å². The summed E-state index contributed by atoms with van der Waals surface area (Å²) < 4.78 is 0. The molecule has 1 amide bonds. The zero-order valence-electron chi connectivity index (χ0n) is 15.2. The zero-order chi connectivity index (χ0) is 17.5. The van der Waals surface area contributed by atoms with Gasteiger partial charge in [-0.2, -0.15) is 0 Å². The Balaban J connectivity index is 1.98. The molecule has 3 heteroatoms. The van der Waals surface area contributed by atoms with Gasteiger partial charge in [0.15, 0.2) is 0 Å². The first-order chi connectivity index (χ1) is 11.5. The summed E-state index contributed by atoms with van der Waals surface area (Å²) in [7, 11) is 0. The van der Waals surface area contributed by atoms with Gasteiger partial charge in [0.05, 0.1) is 0 Å². The second-order valence-corrected chi connectivity index (χ2v) is 6.39. The van der Waals surface area contributed by atoms with Gasteiger partial charge in [0.25, 0.3) is 5.91 Å². The van der Waals surface area contributed by atoms with E-state index in [9.17, 15) is 4.79 Å². The standard InChI is InChI=1S/C21H28N2O/c1-5-23(6-2)15-17-7-13-20(14-8-17)22-21(24)19-11-9-18(10-12-19)16(3)4/h7-14,16H,5-6,15H2,1-4H3,(H,22,24). The van der Waals surface area contributed by atoms with Crippen molar-refractivity contribution < 1.29 is 4.79 Å². The summed E-state index contributed by atoms with van der Waals surface area (Å²) in [6.07, 6.45) is 0. The van der Waals surface area contributed by atoms with Crippen LogP contribution in [0.5, 0.6) is 0 Å². The van der Waals surface area contributed by atoms with E-state index in [1.165, 1.54) is 11.1 Å². The van der Waals surface area contributed by atoms with Crippen LogP contribution in [0.4, 0.5) is 5.69 Å². The summed E-state index contributed by atoms with van der Waals surface area (Å²) in [5.41, 5.74) is 4.02. The smallest absolute Gasteiger partial charge is 0.255 e. The summed E-state index contributed by atoms with van der Waals surface area (Å²) in [6.45, 7) is 11.7. The summed E-state index contributed by atoms with van der Waals surface area (Å²) >= 11 is 0. The molecule has 2 aromatic carbocycles. The molecule has 128 valence electrons. The van der Waals surface area contributed by atoms with Crippen LogP contribution in [0, 0.1) is 0 Å². The highest BCUT2D eigenvalue weighted by Gasteiger charge is 2.07. The van der Waals surface area contributed by atoms with E-state index < -0.39 is 0 Å². The predicted molar refractivity (Wildman–Crippen MR) is 102 cm³/mol. The fraction of sp³-hybridized carbons (Fsp3) is 0.381. The normalized spacial score (nSPS) is 11.1. The molecule has 0 aromatic heterocycles. The van der Waals surface area contributed by atoms with Crippen LogP contribution in [0.25, 0.3) is 0 Å². The Labute approximate surface area is 145 Å². The predicted octanol–water partition coefficient (Wildman–Crippen LogP) is 4.90. The molecule has 0 saturated carbocycles. The molecule has 0 atom stereocenters. The molecule has 24 heavy (non-hydrogen) atoms. The second-order valence-electron chi connectivity index (χ2n) is 6.39. The molecule has 0 fully saturated rings. The monoisotopic (exact) mass is 324 g/mol. The minimum atomic E-state index is -0.0678. The highest BCUT2D eigenvalue weighted by molar-refractivity contribution is 6.04. The van der Waals surface area contributed by atoms with E-state index >= 15 is 0 Å². The van der Waals surface area contributed by atoms with Gasteiger partial charge in [0.2, 0.25) is 0 Å². The Morgan fingerprint density at radius 3 is 2.04 bits per heavy atom. The van der Waals surface area contributed by atoms with Crippen molar-refractivity contribution in [1.29, 1.82) is 0 Å². The molecule has 0 aliphatic carbocycles. The Morgan fingerprint density at radius 2 is 1.54 bits per heavy atom. The number of benzene rings is 2. The maximum Gasteiger partial charge on any atom is 0.255 e. The molecule has 2 aromatic rings. The van der Waals surface area contributed by atoms with E-state index in [1.54, 1.807) is 0 Å². The maximum atomic E-state index is 12.3. The first-order valence-electron chi connectivity index (χ1n) is 8.76. The molecule has 0 saturated heterocycles. The molecule has 3 nitrogen and oxygen atoms in total. The summed E-state index contributed by atoms with van der Waals surface area (Å²) in [5, 5.41) is 2.96. The van der Waals surface area contributed by atoms with E-state index in [1.807, 2.05) is 36.4 Å². The van der Waals surface area contributed by atoms with E-state index in [4.69, 9.17) is 0 Å². The number of amides is 1. The van der Waals surface area contributed by atoms with E-state index in [-0.39, 0.29) is 5.91 Å². The number of rotatable bonds is 7. The van der Waals surface area contributed by atoms with Gasteiger partial charge in [-0.05, 0) is 54.4 Å². The summed E-state index contributed by atoms with van der Waals surface area (Å²) in [6, 6.07) is 15.9. The number of carbonyl (C=O) groups excluding carboxylic acids is 1. The van der Waals surface area contributed by atoms with Crippen LogP contribution in [0.15, 0.2) is 48.5 Å². The molecule has 2 rings (SSSR count). The Bertz CT molecular complexity index is 641. The van der Waals surface area contributed by atoms with Gasteiger partial charge >= 0.3 is 0 Å². The number of carbonyl (C=O) groups is 1. The van der Waals surface area contributed by atoms with Gasteiger partial charge in [-0.15, -0.1) is 0 Å². The molecule has 0 heterocycles. The van der Waals surface area contributed by atoms with Gasteiger partial charge in [0, 0.05) is 17.8 Å². The third kappa shape index (κ3) is 4.93. The minimum absolute atomic E-state index is 0.0678. The quantitative estimate of drug-likeness (QED) is 0.785. The van der Waals surface area contributed by atoms with E-state index in [0.29, 0.717) is 11.5 Å². The van der Waals surface area contributed by atoms with Crippen LogP contribution in [-0.2, 0) is 6.54 Å². The molecular weight excluding hydrogens is 296 g/mol. The molecular formula is C21H28N2O. The average Bonchev–Trinajstić information content (AvgIpc) is 2.61. The molecule has 0 radical (unpaired) electrons. The lowest BCUT2D eigenvalue weighted by Crippen LogP contribution is -2.22. The van der Waals surface area contributed by atoms with Crippen molar-refractivity contribution in [3.8, 4) is 0 Å². The Kier molecular flexibility index (Phi) is 6.56. The molecule has 1 N–H and O–H groups in total. The lowest BCUT2D eigenvalue weighted by Gasteiger charge is -2.18. The highest BCUT2D eigenvalue weighted by atomic mass is 16.1. The van der Waals surface area contributed by atoms with Gasteiger partial charge in [-0.3, -0.25) is 9.69 Å². The van der Waals surface area contributed by atoms with E-state index in [2.05, 4.69) is 50.0 Å². The number of nitrogens with zero attached hydrogens (tertiary/aromatic N) is 1. The number of anilines is 1. The fourth-order valence-corrected chi connectivity index (χ4v) is 2.62. The summed E-state index contributed by atoms with van der Waals surface area (Å²) in [4.78, 5) is 14.7. The van der Waals surface area contributed by atoms with Crippen molar-refractivity contribution in [2.75, 3.05) is 18.4 Å². The highest BCUT2D eigenvalue weighted by Crippen LogP contribution is 2.16.